The molecule has 0 unspecified atom stereocenters. The number of nitrogens with one attached hydrogen (secondary N) is 1. The highest BCUT2D eigenvalue weighted by Crippen LogP contribution is 2.33. The third-order valence-corrected chi connectivity index (χ3v) is 4.06. The van der Waals surface area contributed by atoms with Gasteiger partial charge in [0.1, 0.15) is 12.4 Å². The van der Waals surface area contributed by atoms with Gasteiger partial charge in [-0.2, -0.15) is 5.10 Å². The van der Waals surface area contributed by atoms with Crippen LogP contribution in [0.4, 0.5) is 4.39 Å². The van der Waals surface area contributed by atoms with Crippen molar-refractivity contribution in [1.82, 2.24) is 15.1 Å². The molecule has 0 amide bonds. The van der Waals surface area contributed by atoms with E-state index in [9.17, 15) is 4.39 Å². The quantitative estimate of drug-likeness (QED) is 0.888. The van der Waals surface area contributed by atoms with Crippen molar-refractivity contribution in [2.24, 2.45) is 0 Å². The first-order valence-electron chi connectivity index (χ1n) is 7.86. The van der Waals surface area contributed by atoms with Crippen molar-refractivity contribution in [3.05, 3.63) is 47.4 Å². The number of halogens is 1. The maximum atomic E-state index is 13.2. The lowest BCUT2D eigenvalue weighted by molar-refractivity contribution is 0.258. The molecule has 1 fully saturated rings. The van der Waals surface area contributed by atoms with Gasteiger partial charge in [0, 0.05) is 12.6 Å². The molecular weight excluding hydrogens is 281 g/mol. The minimum absolute atomic E-state index is 0.235. The van der Waals surface area contributed by atoms with Crippen LogP contribution in [0.1, 0.15) is 43.0 Å². The van der Waals surface area contributed by atoms with Crippen molar-refractivity contribution < 1.29 is 9.13 Å². The molecule has 4 nitrogen and oxygen atoms in total. The van der Waals surface area contributed by atoms with Crippen molar-refractivity contribution in [3.8, 4) is 5.88 Å². The average molecular weight is 303 g/mol. The third kappa shape index (κ3) is 3.47. The van der Waals surface area contributed by atoms with Gasteiger partial charge >= 0.3 is 0 Å². The second kappa shape index (κ2) is 6.92. The van der Waals surface area contributed by atoms with Gasteiger partial charge in [0.25, 0.3) is 0 Å². The molecule has 1 aliphatic rings. The predicted octanol–water partition coefficient (Wildman–Crippen LogP) is 3.44. The van der Waals surface area contributed by atoms with Crippen molar-refractivity contribution >= 4 is 0 Å². The molecule has 0 aliphatic heterocycles. The number of rotatable bonds is 6. The highest BCUT2D eigenvalue weighted by atomic mass is 19.1. The fourth-order valence-electron chi connectivity index (χ4n) is 2.99. The minimum Gasteiger partial charge on any atom is -0.473 e. The van der Waals surface area contributed by atoms with Crippen molar-refractivity contribution in [1.29, 1.82) is 0 Å². The molecule has 1 aromatic heterocycles. The van der Waals surface area contributed by atoms with Crippen LogP contribution in [-0.4, -0.2) is 16.8 Å². The molecule has 1 N–H and O–H groups in total. The van der Waals surface area contributed by atoms with Crippen LogP contribution >= 0.6 is 0 Å². The SMILES string of the molecule is CNCc1cc(OCc2cccc(F)c2)n(C2CCCC2)n1. The molecule has 0 bridgehead atoms. The Hall–Kier alpha value is -1.88. The largest absolute Gasteiger partial charge is 0.473 e. The molecule has 0 saturated heterocycles. The number of hydrogen-bond acceptors (Lipinski definition) is 3. The monoisotopic (exact) mass is 303 g/mol. The molecule has 0 spiro atoms. The number of nitrogens with zero attached hydrogens (tertiary/aromatic N) is 2. The fourth-order valence-corrected chi connectivity index (χ4v) is 2.99. The van der Waals surface area contributed by atoms with Gasteiger partial charge in [-0.05, 0) is 37.6 Å². The summed E-state index contributed by atoms with van der Waals surface area (Å²) < 4.78 is 21.2. The van der Waals surface area contributed by atoms with Gasteiger partial charge in [-0.15, -0.1) is 0 Å². The van der Waals surface area contributed by atoms with E-state index in [0.717, 1.165) is 36.5 Å². The van der Waals surface area contributed by atoms with Gasteiger partial charge in [0.15, 0.2) is 0 Å². The molecule has 0 radical (unpaired) electrons. The molecule has 3 rings (SSSR count). The van der Waals surface area contributed by atoms with Crippen LogP contribution in [0.2, 0.25) is 0 Å². The lowest BCUT2D eigenvalue weighted by Gasteiger charge is -2.14. The zero-order chi connectivity index (χ0) is 15.4. The summed E-state index contributed by atoms with van der Waals surface area (Å²) in [6.07, 6.45) is 4.79. The Bertz CT molecular complexity index is 620. The average Bonchev–Trinajstić information content (AvgIpc) is 3.14. The zero-order valence-corrected chi connectivity index (χ0v) is 12.9. The van der Waals surface area contributed by atoms with Gasteiger partial charge < -0.3 is 10.1 Å². The van der Waals surface area contributed by atoms with Crippen molar-refractivity contribution in [3.63, 3.8) is 0 Å². The number of aromatic nitrogens is 2. The second-order valence-electron chi connectivity index (χ2n) is 5.81. The topological polar surface area (TPSA) is 39.1 Å². The van der Waals surface area contributed by atoms with Gasteiger partial charge in [0.05, 0.1) is 11.7 Å². The molecular formula is C17H22FN3O. The van der Waals surface area contributed by atoms with Crippen LogP contribution in [-0.2, 0) is 13.2 Å². The molecule has 118 valence electrons. The highest BCUT2D eigenvalue weighted by molar-refractivity contribution is 5.20. The molecule has 22 heavy (non-hydrogen) atoms. The van der Waals surface area contributed by atoms with E-state index in [4.69, 9.17) is 4.74 Å². The molecule has 1 saturated carbocycles. The van der Waals surface area contributed by atoms with Crippen molar-refractivity contribution in [2.45, 2.75) is 44.9 Å². The van der Waals surface area contributed by atoms with Crippen LogP contribution < -0.4 is 10.1 Å². The Balaban J connectivity index is 1.75. The smallest absolute Gasteiger partial charge is 0.212 e. The van der Waals surface area contributed by atoms with Crippen LogP contribution in [0.3, 0.4) is 0 Å². The summed E-state index contributed by atoms with van der Waals surface area (Å²) in [5.41, 5.74) is 1.80. The highest BCUT2D eigenvalue weighted by Gasteiger charge is 2.22. The first-order chi connectivity index (χ1) is 10.8. The summed E-state index contributed by atoms with van der Waals surface area (Å²) >= 11 is 0. The van der Waals surface area contributed by atoms with Crippen molar-refractivity contribution in [2.75, 3.05) is 7.05 Å². The second-order valence-corrected chi connectivity index (χ2v) is 5.81. The molecule has 1 aromatic carbocycles. The number of hydrogen-bond donors (Lipinski definition) is 1. The van der Waals surface area contributed by atoms with Gasteiger partial charge in [-0.1, -0.05) is 25.0 Å². The Morgan fingerprint density at radius 1 is 1.32 bits per heavy atom. The lowest BCUT2D eigenvalue weighted by atomic mass is 10.2. The summed E-state index contributed by atoms with van der Waals surface area (Å²) in [7, 11) is 1.90. The number of benzene rings is 1. The summed E-state index contributed by atoms with van der Waals surface area (Å²) in [4.78, 5) is 0. The Kier molecular flexibility index (Phi) is 4.73. The Morgan fingerprint density at radius 2 is 2.14 bits per heavy atom. The lowest BCUT2D eigenvalue weighted by Crippen LogP contribution is -2.11. The molecule has 5 heteroatoms. The predicted molar refractivity (Wildman–Crippen MR) is 83.2 cm³/mol. The molecule has 2 aromatic rings. The van der Waals surface area contributed by atoms with E-state index >= 15 is 0 Å². The van der Waals surface area contributed by atoms with Crippen LogP contribution in [0.15, 0.2) is 30.3 Å². The van der Waals surface area contributed by atoms with Gasteiger partial charge in [-0.25, -0.2) is 9.07 Å². The molecule has 1 heterocycles. The van der Waals surface area contributed by atoms with E-state index < -0.39 is 0 Å². The standard InChI is InChI=1S/C17H22FN3O/c1-19-11-15-10-17(21(20-15)16-7-2-3-8-16)22-12-13-5-4-6-14(18)9-13/h4-6,9-10,16,19H,2-3,7-8,11-12H2,1H3. The maximum absolute atomic E-state index is 13.2. The van der Waals surface area contributed by atoms with E-state index in [1.807, 2.05) is 23.9 Å². The maximum Gasteiger partial charge on any atom is 0.212 e. The summed E-state index contributed by atoms with van der Waals surface area (Å²) in [6, 6.07) is 8.92. The normalized spacial score (nSPS) is 15.4. The van der Waals surface area contributed by atoms with E-state index in [1.54, 1.807) is 6.07 Å². The zero-order valence-electron chi connectivity index (χ0n) is 12.9. The Morgan fingerprint density at radius 3 is 2.86 bits per heavy atom. The fraction of sp³-hybridized carbons (Fsp3) is 0.471. The van der Waals surface area contributed by atoms with E-state index in [0.29, 0.717) is 12.6 Å². The van der Waals surface area contributed by atoms with Gasteiger partial charge in [0.2, 0.25) is 5.88 Å². The Labute approximate surface area is 130 Å². The molecule has 1 aliphatic carbocycles. The third-order valence-electron chi connectivity index (χ3n) is 4.06. The first-order valence-corrected chi connectivity index (χ1v) is 7.86. The molecule has 0 atom stereocenters. The number of ether oxygens (including phenoxy) is 1. The first kappa shape index (κ1) is 15.0. The van der Waals surface area contributed by atoms with E-state index in [2.05, 4.69) is 10.4 Å². The summed E-state index contributed by atoms with van der Waals surface area (Å²) in [5, 5.41) is 7.78. The van der Waals surface area contributed by atoms with Crippen LogP contribution in [0.25, 0.3) is 0 Å². The summed E-state index contributed by atoms with van der Waals surface area (Å²) in [6.45, 7) is 1.07. The van der Waals surface area contributed by atoms with Gasteiger partial charge in [-0.3, -0.25) is 0 Å². The summed E-state index contributed by atoms with van der Waals surface area (Å²) in [5.74, 6) is 0.544. The van der Waals surface area contributed by atoms with E-state index in [-0.39, 0.29) is 5.82 Å². The van der Waals surface area contributed by atoms with Crippen LogP contribution in [0, 0.1) is 5.82 Å². The van der Waals surface area contributed by atoms with Crippen LogP contribution in [0.5, 0.6) is 5.88 Å². The minimum atomic E-state index is -0.235. The van der Waals surface area contributed by atoms with E-state index in [1.165, 1.54) is 25.0 Å².